The zero-order chi connectivity index (χ0) is 17.9. The molecule has 0 spiro atoms. The first-order chi connectivity index (χ1) is 12.7. The van der Waals surface area contributed by atoms with Crippen LogP contribution < -0.4 is 14.8 Å². The van der Waals surface area contributed by atoms with E-state index in [0.29, 0.717) is 43.4 Å². The Balaban J connectivity index is 1.47. The lowest BCUT2D eigenvalue weighted by molar-refractivity contribution is -0.135. The highest BCUT2D eigenvalue weighted by molar-refractivity contribution is 5.95. The third-order valence-corrected chi connectivity index (χ3v) is 5.25. The number of rotatable bonds is 2. The summed E-state index contributed by atoms with van der Waals surface area (Å²) in [6, 6.07) is 5.51. The average Bonchev–Trinajstić information content (AvgIpc) is 2.92. The van der Waals surface area contributed by atoms with Crippen molar-refractivity contribution in [2.45, 2.75) is 25.3 Å². The summed E-state index contributed by atoms with van der Waals surface area (Å²) in [7, 11) is 0. The van der Waals surface area contributed by atoms with Crippen molar-refractivity contribution in [2.75, 3.05) is 45.9 Å². The fourth-order valence-corrected chi connectivity index (χ4v) is 3.88. The Morgan fingerprint density at radius 2 is 1.96 bits per heavy atom. The molecule has 0 radical (unpaired) electrons. The zero-order valence-corrected chi connectivity index (χ0v) is 14.9. The van der Waals surface area contributed by atoms with Crippen LogP contribution in [-0.2, 0) is 4.79 Å². The Bertz CT molecular complexity index is 693. The summed E-state index contributed by atoms with van der Waals surface area (Å²) in [6.07, 6.45) is 2.71. The first-order valence-corrected chi connectivity index (χ1v) is 9.41. The van der Waals surface area contributed by atoms with E-state index in [1.54, 1.807) is 12.1 Å². The van der Waals surface area contributed by atoms with E-state index in [1.807, 2.05) is 15.9 Å². The summed E-state index contributed by atoms with van der Waals surface area (Å²) < 4.78 is 11.3. The Hall–Kier alpha value is -2.28. The Morgan fingerprint density at radius 3 is 2.81 bits per heavy atom. The van der Waals surface area contributed by atoms with E-state index >= 15 is 0 Å². The van der Waals surface area contributed by atoms with Crippen LogP contribution in [0.5, 0.6) is 11.5 Å². The Labute approximate surface area is 153 Å². The van der Waals surface area contributed by atoms with Gasteiger partial charge in [0, 0.05) is 44.2 Å². The SMILES string of the molecule is O=C(c1ccc2c(c1)OCCCO2)N1CCCC(N2CCNCC2=O)C1. The molecular formula is C19H25N3O4. The van der Waals surface area contributed by atoms with E-state index in [2.05, 4.69) is 5.32 Å². The van der Waals surface area contributed by atoms with Crippen molar-refractivity contribution in [3.63, 3.8) is 0 Å². The monoisotopic (exact) mass is 359 g/mol. The van der Waals surface area contributed by atoms with Crippen molar-refractivity contribution < 1.29 is 19.1 Å². The predicted octanol–water partition coefficient (Wildman–Crippen LogP) is 0.884. The number of carbonyl (C=O) groups is 2. The van der Waals surface area contributed by atoms with Gasteiger partial charge in [0.2, 0.25) is 5.91 Å². The number of carbonyl (C=O) groups excluding carboxylic acids is 2. The van der Waals surface area contributed by atoms with E-state index in [0.717, 1.165) is 38.9 Å². The summed E-state index contributed by atoms with van der Waals surface area (Å²) in [4.78, 5) is 29.0. The molecule has 1 aromatic rings. The molecule has 1 atom stereocenters. The van der Waals surface area contributed by atoms with Crippen LogP contribution in [-0.4, -0.2) is 73.6 Å². The van der Waals surface area contributed by atoms with Crippen LogP contribution in [0.1, 0.15) is 29.6 Å². The molecule has 26 heavy (non-hydrogen) atoms. The van der Waals surface area contributed by atoms with Gasteiger partial charge in [-0.05, 0) is 31.0 Å². The van der Waals surface area contributed by atoms with Gasteiger partial charge in [-0.15, -0.1) is 0 Å². The van der Waals surface area contributed by atoms with Crippen molar-refractivity contribution in [3.05, 3.63) is 23.8 Å². The molecule has 7 nitrogen and oxygen atoms in total. The molecule has 0 saturated carbocycles. The molecular weight excluding hydrogens is 334 g/mol. The van der Waals surface area contributed by atoms with Gasteiger partial charge in [0.05, 0.1) is 19.8 Å². The number of amides is 2. The lowest BCUT2D eigenvalue weighted by atomic mass is 10.0. The molecule has 3 aliphatic heterocycles. The normalized spacial score (nSPS) is 23.5. The summed E-state index contributed by atoms with van der Waals surface area (Å²) >= 11 is 0. The molecule has 1 aromatic carbocycles. The third kappa shape index (κ3) is 3.49. The largest absolute Gasteiger partial charge is 0.490 e. The molecule has 1 N–H and O–H groups in total. The lowest BCUT2D eigenvalue weighted by Gasteiger charge is -2.41. The predicted molar refractivity (Wildman–Crippen MR) is 95.6 cm³/mol. The fourth-order valence-electron chi connectivity index (χ4n) is 3.88. The molecule has 3 aliphatic rings. The summed E-state index contributed by atoms with van der Waals surface area (Å²) in [6.45, 7) is 4.48. The molecule has 0 aliphatic carbocycles. The first-order valence-electron chi connectivity index (χ1n) is 9.41. The lowest BCUT2D eigenvalue weighted by Crippen LogP contribution is -2.57. The van der Waals surface area contributed by atoms with Gasteiger partial charge in [0.1, 0.15) is 0 Å². The van der Waals surface area contributed by atoms with Crippen LogP contribution in [0.4, 0.5) is 0 Å². The van der Waals surface area contributed by atoms with Gasteiger partial charge in [0.25, 0.3) is 5.91 Å². The first kappa shape index (κ1) is 17.1. The smallest absolute Gasteiger partial charge is 0.254 e. The number of benzene rings is 1. The summed E-state index contributed by atoms with van der Waals surface area (Å²) in [5.41, 5.74) is 0.613. The zero-order valence-electron chi connectivity index (χ0n) is 14.9. The highest BCUT2D eigenvalue weighted by atomic mass is 16.5. The minimum Gasteiger partial charge on any atom is -0.490 e. The van der Waals surface area contributed by atoms with Gasteiger partial charge >= 0.3 is 0 Å². The number of hydrogen-bond donors (Lipinski definition) is 1. The standard InChI is InChI=1S/C19H25N3O4/c23-18-12-20-6-8-22(18)15-3-1-7-21(13-15)19(24)14-4-5-16-17(11-14)26-10-2-9-25-16/h4-5,11,15,20H,1-3,6-10,12-13H2. The maximum atomic E-state index is 13.0. The van der Waals surface area contributed by atoms with Crippen LogP contribution >= 0.6 is 0 Å². The number of piperazine rings is 1. The van der Waals surface area contributed by atoms with Crippen LogP contribution in [0.15, 0.2) is 18.2 Å². The van der Waals surface area contributed by atoms with Crippen LogP contribution in [0, 0.1) is 0 Å². The molecule has 4 rings (SSSR count). The molecule has 2 fully saturated rings. The topological polar surface area (TPSA) is 71.1 Å². The van der Waals surface area contributed by atoms with Gasteiger partial charge in [-0.25, -0.2) is 0 Å². The number of hydrogen-bond acceptors (Lipinski definition) is 5. The van der Waals surface area contributed by atoms with Crippen molar-refractivity contribution in [1.82, 2.24) is 15.1 Å². The number of nitrogens with zero attached hydrogens (tertiary/aromatic N) is 2. The maximum Gasteiger partial charge on any atom is 0.254 e. The van der Waals surface area contributed by atoms with Crippen molar-refractivity contribution in [2.24, 2.45) is 0 Å². The number of fused-ring (bicyclic) bond motifs is 1. The minimum atomic E-state index is -0.00655. The second-order valence-corrected chi connectivity index (χ2v) is 7.02. The minimum absolute atomic E-state index is 0.00655. The average molecular weight is 359 g/mol. The number of nitrogens with one attached hydrogen (secondary N) is 1. The number of piperidine rings is 1. The van der Waals surface area contributed by atoms with Crippen molar-refractivity contribution in [3.8, 4) is 11.5 Å². The molecule has 1 unspecified atom stereocenters. The fraction of sp³-hybridized carbons (Fsp3) is 0.579. The van der Waals surface area contributed by atoms with Crippen molar-refractivity contribution in [1.29, 1.82) is 0 Å². The molecule has 7 heteroatoms. The van der Waals surface area contributed by atoms with Gasteiger partial charge in [-0.1, -0.05) is 0 Å². The van der Waals surface area contributed by atoms with Crippen LogP contribution in [0.2, 0.25) is 0 Å². The van der Waals surface area contributed by atoms with E-state index in [9.17, 15) is 9.59 Å². The van der Waals surface area contributed by atoms with E-state index in [4.69, 9.17) is 9.47 Å². The van der Waals surface area contributed by atoms with Crippen LogP contribution in [0.25, 0.3) is 0 Å². The van der Waals surface area contributed by atoms with Gasteiger partial charge in [0.15, 0.2) is 11.5 Å². The summed E-state index contributed by atoms with van der Waals surface area (Å²) in [5.74, 6) is 1.46. The van der Waals surface area contributed by atoms with Gasteiger partial charge < -0.3 is 24.6 Å². The van der Waals surface area contributed by atoms with E-state index < -0.39 is 0 Å². The second kappa shape index (κ2) is 7.53. The summed E-state index contributed by atoms with van der Waals surface area (Å²) in [5, 5.41) is 3.10. The molecule has 0 bridgehead atoms. The van der Waals surface area contributed by atoms with E-state index in [1.165, 1.54) is 0 Å². The molecule has 140 valence electrons. The quantitative estimate of drug-likeness (QED) is 0.849. The second-order valence-electron chi connectivity index (χ2n) is 7.02. The third-order valence-electron chi connectivity index (χ3n) is 5.25. The Morgan fingerprint density at radius 1 is 1.12 bits per heavy atom. The van der Waals surface area contributed by atoms with Crippen LogP contribution in [0.3, 0.4) is 0 Å². The highest BCUT2D eigenvalue weighted by Gasteiger charge is 2.32. The van der Waals surface area contributed by atoms with E-state index in [-0.39, 0.29) is 17.9 Å². The highest BCUT2D eigenvalue weighted by Crippen LogP contribution is 2.31. The number of likely N-dealkylation sites (tertiary alicyclic amines) is 1. The Kier molecular flexibility index (Phi) is 4.97. The molecule has 0 aromatic heterocycles. The van der Waals surface area contributed by atoms with Gasteiger partial charge in [-0.2, -0.15) is 0 Å². The molecule has 2 amide bonds. The number of ether oxygens (including phenoxy) is 2. The molecule has 2 saturated heterocycles. The van der Waals surface area contributed by atoms with Gasteiger partial charge in [-0.3, -0.25) is 9.59 Å². The maximum absolute atomic E-state index is 13.0. The van der Waals surface area contributed by atoms with Crippen molar-refractivity contribution >= 4 is 11.8 Å². The molecule has 3 heterocycles.